The lowest BCUT2D eigenvalue weighted by Crippen LogP contribution is -2.23. The van der Waals surface area contributed by atoms with E-state index in [4.69, 9.17) is 5.11 Å². The van der Waals surface area contributed by atoms with E-state index in [9.17, 15) is 0 Å². The van der Waals surface area contributed by atoms with Gasteiger partial charge in [0.25, 0.3) is 0 Å². The van der Waals surface area contributed by atoms with Crippen LogP contribution in [0.1, 0.15) is 26.2 Å². The predicted octanol–water partition coefficient (Wildman–Crippen LogP) is 1.10. The molecule has 0 fully saturated rings. The van der Waals surface area contributed by atoms with Gasteiger partial charge in [0.2, 0.25) is 0 Å². The van der Waals surface area contributed by atoms with E-state index in [0.29, 0.717) is 0 Å². The minimum Gasteiger partial charge on any atom is -0.395 e. The van der Waals surface area contributed by atoms with Crippen LogP contribution in [0.3, 0.4) is 0 Å². The summed E-state index contributed by atoms with van der Waals surface area (Å²) in [6.45, 7) is 4.41. The van der Waals surface area contributed by atoms with E-state index in [1.165, 1.54) is 19.3 Å². The van der Waals surface area contributed by atoms with Crippen molar-refractivity contribution in [3.63, 3.8) is 0 Å². The van der Waals surface area contributed by atoms with Gasteiger partial charge in [-0.25, -0.2) is 0 Å². The molecule has 0 aliphatic heterocycles. The fourth-order valence-electron chi connectivity index (χ4n) is 0.914. The van der Waals surface area contributed by atoms with Gasteiger partial charge in [0, 0.05) is 6.54 Å². The van der Waals surface area contributed by atoms with Crippen LogP contribution in [-0.4, -0.2) is 36.8 Å². The van der Waals surface area contributed by atoms with E-state index in [-0.39, 0.29) is 6.61 Å². The molecule has 0 aliphatic rings. The molecule has 0 aromatic carbocycles. The second-order valence-corrected chi connectivity index (χ2v) is 2.73. The quantitative estimate of drug-likeness (QED) is 0.566. The average molecular weight is 145 g/mol. The van der Waals surface area contributed by atoms with Gasteiger partial charge in [-0.2, -0.15) is 0 Å². The second kappa shape index (κ2) is 7.03. The van der Waals surface area contributed by atoms with Gasteiger partial charge in [-0.05, 0) is 20.0 Å². The highest BCUT2D eigenvalue weighted by Gasteiger charge is 1.94. The molecule has 0 unspecified atom stereocenters. The van der Waals surface area contributed by atoms with E-state index in [2.05, 4.69) is 11.8 Å². The maximum absolute atomic E-state index is 8.55. The lowest BCUT2D eigenvalue weighted by Gasteiger charge is -2.13. The molecule has 0 spiro atoms. The monoisotopic (exact) mass is 145 g/mol. The molecule has 10 heavy (non-hydrogen) atoms. The molecule has 1 N–H and O–H groups in total. The van der Waals surface area contributed by atoms with Gasteiger partial charge in [0.15, 0.2) is 0 Å². The molecule has 2 nitrogen and oxygen atoms in total. The van der Waals surface area contributed by atoms with Crippen LogP contribution < -0.4 is 0 Å². The van der Waals surface area contributed by atoms with Crippen LogP contribution in [0.25, 0.3) is 0 Å². The summed E-state index contributed by atoms with van der Waals surface area (Å²) in [7, 11) is 2.05. The SMILES string of the molecule is CCCCCN(C)CCO. The van der Waals surface area contributed by atoms with E-state index >= 15 is 0 Å². The van der Waals surface area contributed by atoms with Crippen molar-refractivity contribution in [1.29, 1.82) is 0 Å². The number of nitrogens with zero attached hydrogens (tertiary/aromatic N) is 1. The molecule has 62 valence electrons. The van der Waals surface area contributed by atoms with Crippen molar-refractivity contribution in [2.75, 3.05) is 26.7 Å². The Balaban J connectivity index is 2.97. The zero-order valence-corrected chi connectivity index (χ0v) is 7.14. The van der Waals surface area contributed by atoms with Crippen molar-refractivity contribution in [3.8, 4) is 0 Å². The second-order valence-electron chi connectivity index (χ2n) is 2.73. The molecular weight excluding hydrogens is 126 g/mol. The highest BCUT2D eigenvalue weighted by molar-refractivity contribution is 4.49. The van der Waals surface area contributed by atoms with Gasteiger partial charge in [0.05, 0.1) is 6.61 Å². The lowest BCUT2D eigenvalue weighted by molar-refractivity contribution is 0.219. The van der Waals surface area contributed by atoms with Crippen molar-refractivity contribution in [1.82, 2.24) is 4.90 Å². The molecule has 0 aliphatic carbocycles. The minimum absolute atomic E-state index is 0.280. The third-order valence-electron chi connectivity index (χ3n) is 1.63. The topological polar surface area (TPSA) is 23.5 Å². The van der Waals surface area contributed by atoms with Crippen LogP contribution in [0.2, 0.25) is 0 Å². The summed E-state index contributed by atoms with van der Waals surface area (Å²) in [5.74, 6) is 0. The molecule has 0 aromatic heterocycles. The first-order chi connectivity index (χ1) is 4.81. The number of unbranched alkanes of at least 4 members (excludes halogenated alkanes) is 2. The number of rotatable bonds is 6. The number of likely N-dealkylation sites (N-methyl/N-ethyl adjacent to an activating group) is 1. The van der Waals surface area contributed by atoms with Crippen LogP contribution in [-0.2, 0) is 0 Å². The number of aliphatic hydroxyl groups excluding tert-OH is 1. The highest BCUT2D eigenvalue weighted by atomic mass is 16.3. The van der Waals surface area contributed by atoms with E-state index in [1.807, 2.05) is 7.05 Å². The van der Waals surface area contributed by atoms with Crippen LogP contribution in [0, 0.1) is 0 Å². The van der Waals surface area contributed by atoms with Crippen LogP contribution in [0.5, 0.6) is 0 Å². The molecule has 0 rings (SSSR count). The Morgan fingerprint density at radius 1 is 1.20 bits per heavy atom. The first-order valence-corrected chi connectivity index (χ1v) is 4.10. The molecule has 0 saturated heterocycles. The van der Waals surface area contributed by atoms with Gasteiger partial charge >= 0.3 is 0 Å². The fraction of sp³-hybridized carbons (Fsp3) is 1.00. The standard InChI is InChI=1S/C8H19NO/c1-3-4-5-6-9(2)7-8-10/h10H,3-8H2,1-2H3. The van der Waals surface area contributed by atoms with Gasteiger partial charge in [-0.1, -0.05) is 19.8 Å². The van der Waals surface area contributed by atoms with Gasteiger partial charge in [-0.15, -0.1) is 0 Å². The molecule has 0 heterocycles. The molecule has 0 atom stereocenters. The van der Waals surface area contributed by atoms with Crippen molar-refractivity contribution in [2.45, 2.75) is 26.2 Å². The highest BCUT2D eigenvalue weighted by Crippen LogP contribution is 1.95. The van der Waals surface area contributed by atoms with Crippen molar-refractivity contribution < 1.29 is 5.11 Å². The maximum Gasteiger partial charge on any atom is 0.0558 e. The molecular formula is C8H19NO. The van der Waals surface area contributed by atoms with Crippen LogP contribution in [0.15, 0.2) is 0 Å². The van der Waals surface area contributed by atoms with Gasteiger partial charge in [0.1, 0.15) is 0 Å². The fourth-order valence-corrected chi connectivity index (χ4v) is 0.914. The smallest absolute Gasteiger partial charge is 0.0558 e. The number of hydrogen-bond acceptors (Lipinski definition) is 2. The molecule has 0 radical (unpaired) electrons. The van der Waals surface area contributed by atoms with Crippen molar-refractivity contribution in [3.05, 3.63) is 0 Å². The summed E-state index contributed by atoms with van der Waals surface area (Å²) in [6.07, 6.45) is 3.83. The van der Waals surface area contributed by atoms with Crippen molar-refractivity contribution >= 4 is 0 Å². The van der Waals surface area contributed by atoms with Crippen LogP contribution >= 0.6 is 0 Å². The van der Waals surface area contributed by atoms with E-state index in [0.717, 1.165) is 13.1 Å². The summed E-state index contributed by atoms with van der Waals surface area (Å²) >= 11 is 0. The van der Waals surface area contributed by atoms with Crippen molar-refractivity contribution in [2.24, 2.45) is 0 Å². The zero-order chi connectivity index (χ0) is 7.82. The average Bonchev–Trinajstić information content (AvgIpc) is 1.89. The Morgan fingerprint density at radius 3 is 2.40 bits per heavy atom. The number of aliphatic hydroxyl groups is 1. The third kappa shape index (κ3) is 6.05. The van der Waals surface area contributed by atoms with Crippen LogP contribution in [0.4, 0.5) is 0 Å². The van der Waals surface area contributed by atoms with Gasteiger partial charge < -0.3 is 10.0 Å². The summed E-state index contributed by atoms with van der Waals surface area (Å²) in [5.41, 5.74) is 0. The Bertz CT molecular complexity index is 66.3. The first-order valence-electron chi connectivity index (χ1n) is 4.10. The predicted molar refractivity (Wildman–Crippen MR) is 44.1 cm³/mol. The van der Waals surface area contributed by atoms with E-state index in [1.54, 1.807) is 0 Å². The molecule has 0 aromatic rings. The maximum atomic E-state index is 8.55. The minimum atomic E-state index is 0.280. The van der Waals surface area contributed by atoms with Gasteiger partial charge in [-0.3, -0.25) is 0 Å². The summed E-state index contributed by atoms with van der Waals surface area (Å²) in [5, 5.41) is 8.55. The zero-order valence-electron chi connectivity index (χ0n) is 7.14. The molecule has 0 amide bonds. The summed E-state index contributed by atoms with van der Waals surface area (Å²) in [4.78, 5) is 2.16. The Hall–Kier alpha value is -0.0800. The normalized spacial score (nSPS) is 10.8. The first kappa shape index (κ1) is 9.92. The Morgan fingerprint density at radius 2 is 1.90 bits per heavy atom. The molecule has 0 saturated carbocycles. The largest absolute Gasteiger partial charge is 0.395 e. The number of hydrogen-bond donors (Lipinski definition) is 1. The Labute approximate surface area is 63.8 Å². The Kier molecular flexibility index (Phi) is 6.98. The lowest BCUT2D eigenvalue weighted by atomic mass is 10.2. The molecule has 2 heteroatoms. The third-order valence-corrected chi connectivity index (χ3v) is 1.63. The summed E-state index contributed by atoms with van der Waals surface area (Å²) < 4.78 is 0. The summed E-state index contributed by atoms with van der Waals surface area (Å²) in [6, 6.07) is 0. The van der Waals surface area contributed by atoms with E-state index < -0.39 is 0 Å². The molecule has 0 bridgehead atoms.